The minimum absolute atomic E-state index is 0.0904. The number of ether oxygens (including phenoxy) is 1. The van der Waals surface area contributed by atoms with Gasteiger partial charge in [0.1, 0.15) is 11.3 Å². The van der Waals surface area contributed by atoms with Crippen LogP contribution in [-0.2, 0) is 16.1 Å². The van der Waals surface area contributed by atoms with E-state index in [4.69, 9.17) is 4.74 Å². The first-order valence-corrected chi connectivity index (χ1v) is 10.6. The van der Waals surface area contributed by atoms with Crippen molar-refractivity contribution in [1.82, 2.24) is 20.0 Å². The van der Waals surface area contributed by atoms with Crippen LogP contribution in [0.4, 0.5) is 4.79 Å². The third kappa shape index (κ3) is 5.30. The third-order valence-electron chi connectivity index (χ3n) is 5.72. The number of amides is 4. The lowest BCUT2D eigenvalue weighted by Gasteiger charge is -2.22. The number of imide groups is 1. The van der Waals surface area contributed by atoms with Crippen molar-refractivity contribution >= 4 is 17.8 Å². The number of hydrogen-bond donors (Lipinski definition) is 1. The van der Waals surface area contributed by atoms with E-state index in [1.54, 1.807) is 21.0 Å². The molecule has 0 aliphatic carbocycles. The molecule has 30 heavy (non-hydrogen) atoms. The fourth-order valence-electron chi connectivity index (χ4n) is 3.94. The van der Waals surface area contributed by atoms with Crippen molar-refractivity contribution < 1.29 is 19.1 Å². The third-order valence-corrected chi connectivity index (χ3v) is 5.72. The number of carbonyl (C=O) groups excluding carboxylic acids is 3. The van der Waals surface area contributed by atoms with E-state index in [-0.39, 0.29) is 24.4 Å². The highest BCUT2D eigenvalue weighted by molar-refractivity contribution is 6.06. The fraction of sp³-hybridized carbons (Fsp3) is 0.591. The summed E-state index contributed by atoms with van der Waals surface area (Å²) in [6.07, 6.45) is 1.76. The summed E-state index contributed by atoms with van der Waals surface area (Å²) in [6, 6.07) is 7.71. The smallest absolute Gasteiger partial charge is 0.325 e. The molecule has 1 N–H and O–H groups in total. The molecule has 0 atom stereocenters. The first kappa shape index (κ1) is 22.1. The van der Waals surface area contributed by atoms with E-state index in [0.29, 0.717) is 19.4 Å². The van der Waals surface area contributed by atoms with Crippen molar-refractivity contribution in [3.8, 4) is 5.75 Å². The second-order valence-electron chi connectivity index (χ2n) is 8.47. The molecule has 2 aliphatic heterocycles. The van der Waals surface area contributed by atoms with Gasteiger partial charge in [0.2, 0.25) is 5.91 Å². The van der Waals surface area contributed by atoms with Gasteiger partial charge in [-0.25, -0.2) is 4.79 Å². The van der Waals surface area contributed by atoms with Gasteiger partial charge < -0.3 is 15.0 Å². The maximum atomic E-state index is 12.6. The highest BCUT2D eigenvalue weighted by Crippen LogP contribution is 2.18. The van der Waals surface area contributed by atoms with Crippen LogP contribution < -0.4 is 10.1 Å². The summed E-state index contributed by atoms with van der Waals surface area (Å²) in [5.41, 5.74) is 0.367. The molecule has 1 aromatic rings. The van der Waals surface area contributed by atoms with Gasteiger partial charge in [0, 0.05) is 45.7 Å². The Morgan fingerprint density at radius 2 is 1.83 bits per heavy atom. The molecule has 2 fully saturated rings. The number of nitrogens with one attached hydrogen (secondary N) is 1. The zero-order valence-corrected chi connectivity index (χ0v) is 18.1. The van der Waals surface area contributed by atoms with E-state index in [1.807, 2.05) is 17.0 Å². The minimum Gasteiger partial charge on any atom is -0.497 e. The summed E-state index contributed by atoms with van der Waals surface area (Å²) in [5.74, 6) is 0.708. The van der Waals surface area contributed by atoms with Crippen molar-refractivity contribution in [3.63, 3.8) is 0 Å². The Kier molecular flexibility index (Phi) is 6.97. The number of hydrogen-bond acceptors (Lipinski definition) is 5. The van der Waals surface area contributed by atoms with E-state index in [1.165, 1.54) is 10.5 Å². The Labute approximate surface area is 178 Å². The molecule has 0 aromatic heterocycles. The maximum Gasteiger partial charge on any atom is 0.325 e. The molecule has 0 unspecified atom stereocenters. The highest BCUT2D eigenvalue weighted by Gasteiger charge is 2.43. The number of methoxy groups -OCH3 is 1. The van der Waals surface area contributed by atoms with Gasteiger partial charge >= 0.3 is 6.03 Å². The molecular formula is C22H32N4O4. The maximum absolute atomic E-state index is 12.6. The van der Waals surface area contributed by atoms with E-state index < -0.39 is 5.54 Å². The molecule has 0 saturated carbocycles. The average molecular weight is 417 g/mol. The molecular weight excluding hydrogens is 384 g/mol. The molecule has 0 bridgehead atoms. The zero-order chi connectivity index (χ0) is 21.7. The Balaban J connectivity index is 1.43. The SMILES string of the molecule is COc1ccc(CN2CCCN(C(=O)CCCN3C(=O)NC(C)(C)C3=O)CC2)cc1. The average Bonchev–Trinajstić information content (AvgIpc) is 2.88. The van der Waals surface area contributed by atoms with Crippen LogP contribution >= 0.6 is 0 Å². The van der Waals surface area contributed by atoms with Crippen LogP contribution in [0.1, 0.15) is 38.7 Å². The second kappa shape index (κ2) is 9.47. The number of benzene rings is 1. The van der Waals surface area contributed by atoms with Gasteiger partial charge in [-0.05, 0) is 44.4 Å². The summed E-state index contributed by atoms with van der Waals surface area (Å²) >= 11 is 0. The van der Waals surface area contributed by atoms with Crippen LogP contribution in [0.2, 0.25) is 0 Å². The molecule has 3 rings (SSSR count). The Morgan fingerprint density at radius 1 is 1.10 bits per heavy atom. The van der Waals surface area contributed by atoms with E-state index >= 15 is 0 Å². The van der Waals surface area contributed by atoms with Gasteiger partial charge in [-0.1, -0.05) is 12.1 Å². The van der Waals surface area contributed by atoms with Gasteiger partial charge in [0.25, 0.3) is 5.91 Å². The van der Waals surface area contributed by atoms with E-state index in [9.17, 15) is 14.4 Å². The molecule has 1 aromatic carbocycles. The highest BCUT2D eigenvalue weighted by atomic mass is 16.5. The lowest BCUT2D eigenvalue weighted by atomic mass is 10.1. The number of carbonyl (C=O) groups is 3. The van der Waals surface area contributed by atoms with E-state index in [0.717, 1.165) is 38.3 Å². The van der Waals surface area contributed by atoms with Gasteiger partial charge in [-0.3, -0.25) is 19.4 Å². The predicted molar refractivity (Wildman–Crippen MR) is 113 cm³/mol. The van der Waals surface area contributed by atoms with Crippen LogP contribution in [0.5, 0.6) is 5.75 Å². The quantitative estimate of drug-likeness (QED) is 0.686. The van der Waals surface area contributed by atoms with Crippen molar-refractivity contribution in [1.29, 1.82) is 0 Å². The lowest BCUT2D eigenvalue weighted by molar-refractivity contribution is -0.133. The van der Waals surface area contributed by atoms with E-state index in [2.05, 4.69) is 22.3 Å². The fourth-order valence-corrected chi connectivity index (χ4v) is 3.94. The summed E-state index contributed by atoms with van der Waals surface area (Å²) in [6.45, 7) is 7.73. The first-order valence-electron chi connectivity index (χ1n) is 10.6. The molecule has 2 heterocycles. The minimum atomic E-state index is -0.862. The second-order valence-corrected chi connectivity index (χ2v) is 8.47. The summed E-state index contributed by atoms with van der Waals surface area (Å²) in [5, 5.41) is 2.66. The zero-order valence-electron chi connectivity index (χ0n) is 18.1. The van der Waals surface area contributed by atoms with Gasteiger partial charge in [-0.2, -0.15) is 0 Å². The molecule has 8 nitrogen and oxygen atoms in total. The Morgan fingerprint density at radius 3 is 2.47 bits per heavy atom. The van der Waals surface area contributed by atoms with Crippen LogP contribution in [0.3, 0.4) is 0 Å². The molecule has 4 amide bonds. The topological polar surface area (TPSA) is 82.2 Å². The largest absolute Gasteiger partial charge is 0.497 e. The van der Waals surface area contributed by atoms with Gasteiger partial charge in [0.05, 0.1) is 7.11 Å². The molecule has 0 radical (unpaired) electrons. The summed E-state index contributed by atoms with van der Waals surface area (Å²) < 4.78 is 5.20. The standard InChI is InChI=1S/C22H32N4O4/c1-22(2)20(28)26(21(29)23-22)13-4-6-19(27)25-12-5-11-24(14-15-25)16-17-7-9-18(30-3)10-8-17/h7-10H,4-6,11-16H2,1-3H3,(H,23,29). The van der Waals surface area contributed by atoms with Crippen molar-refractivity contribution in [3.05, 3.63) is 29.8 Å². The Bertz CT molecular complexity index is 778. The number of urea groups is 1. The molecule has 8 heteroatoms. The van der Waals surface area contributed by atoms with Gasteiger partial charge in [0.15, 0.2) is 0 Å². The first-order chi connectivity index (χ1) is 14.3. The molecule has 2 aliphatic rings. The predicted octanol–water partition coefficient (Wildman–Crippen LogP) is 1.84. The summed E-state index contributed by atoms with van der Waals surface area (Å²) in [7, 11) is 1.66. The Hall–Kier alpha value is -2.61. The molecule has 2 saturated heterocycles. The van der Waals surface area contributed by atoms with Crippen molar-refractivity contribution in [2.24, 2.45) is 0 Å². The lowest BCUT2D eigenvalue weighted by Crippen LogP contribution is -2.40. The number of nitrogens with zero attached hydrogens (tertiary/aromatic N) is 3. The van der Waals surface area contributed by atoms with Crippen molar-refractivity contribution in [2.75, 3.05) is 39.8 Å². The number of rotatable bonds is 7. The van der Waals surface area contributed by atoms with Crippen LogP contribution in [0.25, 0.3) is 0 Å². The normalized spacial score (nSPS) is 19.6. The molecule has 164 valence electrons. The summed E-state index contributed by atoms with van der Waals surface area (Å²) in [4.78, 5) is 42.3. The monoisotopic (exact) mass is 416 g/mol. The van der Waals surface area contributed by atoms with Gasteiger partial charge in [-0.15, -0.1) is 0 Å². The van der Waals surface area contributed by atoms with Crippen LogP contribution in [0, 0.1) is 0 Å². The van der Waals surface area contributed by atoms with Crippen LogP contribution in [0.15, 0.2) is 24.3 Å². The van der Waals surface area contributed by atoms with Crippen molar-refractivity contribution in [2.45, 2.75) is 45.2 Å². The molecule has 0 spiro atoms. The van der Waals surface area contributed by atoms with Crippen LogP contribution in [-0.4, -0.2) is 77.9 Å².